The lowest BCUT2D eigenvalue weighted by molar-refractivity contribution is -0.122. The van der Waals surface area contributed by atoms with E-state index in [1.165, 1.54) is 5.56 Å². The molecule has 1 aromatic rings. The number of ether oxygens (including phenoxy) is 1. The van der Waals surface area contributed by atoms with Crippen LogP contribution in [0.4, 0.5) is 0 Å². The van der Waals surface area contributed by atoms with Gasteiger partial charge in [0.2, 0.25) is 5.91 Å². The SMILES string of the molecule is COCC(C)NC(=O)Cn1cc2c(c1)C(O)CCCC2. The average Bonchev–Trinajstić information content (AvgIpc) is 2.69. The van der Waals surface area contributed by atoms with E-state index in [4.69, 9.17) is 4.74 Å². The van der Waals surface area contributed by atoms with Gasteiger partial charge in [-0.05, 0) is 31.7 Å². The predicted molar refractivity (Wildman–Crippen MR) is 76.4 cm³/mol. The molecule has 2 N–H and O–H groups in total. The van der Waals surface area contributed by atoms with Crippen LogP contribution in [-0.4, -0.2) is 35.3 Å². The van der Waals surface area contributed by atoms with E-state index >= 15 is 0 Å². The third kappa shape index (κ3) is 3.84. The third-order valence-corrected chi connectivity index (χ3v) is 3.68. The highest BCUT2D eigenvalue weighted by Gasteiger charge is 2.19. The zero-order valence-electron chi connectivity index (χ0n) is 12.3. The van der Waals surface area contributed by atoms with Gasteiger partial charge in [-0.15, -0.1) is 0 Å². The molecule has 0 aliphatic heterocycles. The predicted octanol–water partition coefficient (Wildman–Crippen LogP) is 1.40. The molecule has 2 atom stereocenters. The molecule has 1 heterocycles. The summed E-state index contributed by atoms with van der Waals surface area (Å²) in [6.07, 6.45) is 7.48. The van der Waals surface area contributed by atoms with Gasteiger partial charge in [0.1, 0.15) is 6.54 Å². The first-order chi connectivity index (χ1) is 9.60. The fourth-order valence-electron chi connectivity index (χ4n) is 2.76. The Morgan fingerprint density at radius 1 is 1.55 bits per heavy atom. The lowest BCUT2D eigenvalue weighted by Gasteiger charge is -2.13. The number of amides is 1. The second-order valence-corrected chi connectivity index (χ2v) is 5.60. The van der Waals surface area contributed by atoms with Gasteiger partial charge in [-0.1, -0.05) is 6.42 Å². The summed E-state index contributed by atoms with van der Waals surface area (Å²) in [4.78, 5) is 11.9. The summed E-state index contributed by atoms with van der Waals surface area (Å²) in [5, 5.41) is 13.0. The van der Waals surface area contributed by atoms with Crippen molar-refractivity contribution in [2.75, 3.05) is 13.7 Å². The standard InChI is InChI=1S/C15H24N2O3/c1-11(10-20-2)16-15(19)9-17-7-12-5-3-4-6-14(18)13(12)8-17/h7-8,11,14,18H,3-6,9-10H2,1-2H3,(H,16,19). The van der Waals surface area contributed by atoms with Crippen molar-refractivity contribution in [2.45, 2.75) is 51.3 Å². The summed E-state index contributed by atoms with van der Waals surface area (Å²) in [5.41, 5.74) is 2.16. The second kappa shape index (κ2) is 6.90. The monoisotopic (exact) mass is 280 g/mol. The Morgan fingerprint density at radius 2 is 2.35 bits per heavy atom. The summed E-state index contributed by atoms with van der Waals surface area (Å²) in [6, 6.07) is 0.00600. The molecule has 2 rings (SSSR count). The number of methoxy groups -OCH3 is 1. The Hall–Kier alpha value is -1.33. The maximum atomic E-state index is 11.9. The number of aliphatic hydroxyl groups excluding tert-OH is 1. The highest BCUT2D eigenvalue weighted by Crippen LogP contribution is 2.29. The number of aryl methyl sites for hydroxylation is 1. The van der Waals surface area contributed by atoms with Crippen LogP contribution in [0.3, 0.4) is 0 Å². The molecule has 0 saturated carbocycles. The van der Waals surface area contributed by atoms with Crippen molar-refractivity contribution in [2.24, 2.45) is 0 Å². The summed E-state index contributed by atoms with van der Waals surface area (Å²) >= 11 is 0. The first-order valence-electron chi connectivity index (χ1n) is 7.25. The largest absolute Gasteiger partial charge is 0.388 e. The summed E-state index contributed by atoms with van der Waals surface area (Å²) in [5.74, 6) is -0.0331. The molecule has 5 nitrogen and oxygen atoms in total. The normalized spacial score (nSPS) is 20.1. The van der Waals surface area contributed by atoms with E-state index in [-0.39, 0.29) is 24.6 Å². The number of hydrogen-bond acceptors (Lipinski definition) is 3. The molecule has 20 heavy (non-hydrogen) atoms. The van der Waals surface area contributed by atoms with E-state index in [2.05, 4.69) is 5.32 Å². The molecule has 0 spiro atoms. The van der Waals surface area contributed by atoms with Gasteiger partial charge in [0, 0.05) is 31.1 Å². The van der Waals surface area contributed by atoms with Crippen LogP contribution in [0.1, 0.15) is 43.4 Å². The zero-order chi connectivity index (χ0) is 14.5. The van der Waals surface area contributed by atoms with Crippen LogP contribution >= 0.6 is 0 Å². The van der Waals surface area contributed by atoms with Crippen molar-refractivity contribution in [3.8, 4) is 0 Å². The minimum atomic E-state index is -0.385. The fourth-order valence-corrected chi connectivity index (χ4v) is 2.76. The first-order valence-corrected chi connectivity index (χ1v) is 7.25. The van der Waals surface area contributed by atoms with E-state index < -0.39 is 0 Å². The first kappa shape index (κ1) is 15.1. The topological polar surface area (TPSA) is 63.5 Å². The van der Waals surface area contributed by atoms with Gasteiger partial charge < -0.3 is 19.7 Å². The van der Waals surface area contributed by atoms with Crippen LogP contribution < -0.4 is 5.32 Å². The lowest BCUT2D eigenvalue weighted by Crippen LogP contribution is -2.37. The maximum Gasteiger partial charge on any atom is 0.240 e. The average molecular weight is 280 g/mol. The molecule has 2 unspecified atom stereocenters. The minimum absolute atomic E-state index is 0.00600. The molecule has 5 heteroatoms. The number of hydrogen-bond donors (Lipinski definition) is 2. The van der Waals surface area contributed by atoms with Crippen LogP contribution in [0, 0.1) is 0 Å². The van der Waals surface area contributed by atoms with Gasteiger partial charge in [-0.25, -0.2) is 0 Å². The molecule has 112 valence electrons. The summed E-state index contributed by atoms with van der Waals surface area (Å²) < 4.78 is 6.86. The van der Waals surface area contributed by atoms with Crippen molar-refractivity contribution < 1.29 is 14.6 Å². The second-order valence-electron chi connectivity index (χ2n) is 5.60. The molecule has 0 aromatic carbocycles. The zero-order valence-corrected chi connectivity index (χ0v) is 12.3. The van der Waals surface area contributed by atoms with Crippen molar-refractivity contribution >= 4 is 5.91 Å². The molecule has 0 saturated heterocycles. The Labute approximate surface area is 119 Å². The lowest BCUT2D eigenvalue weighted by atomic mass is 10.1. The van der Waals surface area contributed by atoms with Crippen LogP contribution in [0.15, 0.2) is 12.4 Å². The fraction of sp³-hybridized carbons (Fsp3) is 0.667. The Kier molecular flexibility index (Phi) is 5.20. The molecular weight excluding hydrogens is 256 g/mol. The molecule has 1 amide bonds. The number of aromatic nitrogens is 1. The quantitative estimate of drug-likeness (QED) is 0.801. The van der Waals surface area contributed by atoms with Crippen LogP contribution in [0.2, 0.25) is 0 Å². The number of fused-ring (bicyclic) bond motifs is 1. The number of nitrogens with one attached hydrogen (secondary N) is 1. The Balaban J connectivity index is 1.97. The van der Waals surface area contributed by atoms with Gasteiger partial charge in [-0.3, -0.25) is 4.79 Å². The van der Waals surface area contributed by atoms with E-state index in [1.54, 1.807) is 7.11 Å². The van der Waals surface area contributed by atoms with Crippen molar-refractivity contribution in [3.05, 3.63) is 23.5 Å². The van der Waals surface area contributed by atoms with Crippen LogP contribution in [-0.2, 0) is 22.5 Å². The van der Waals surface area contributed by atoms with Crippen molar-refractivity contribution in [3.63, 3.8) is 0 Å². The van der Waals surface area contributed by atoms with Gasteiger partial charge >= 0.3 is 0 Å². The summed E-state index contributed by atoms with van der Waals surface area (Å²) in [6.45, 7) is 2.70. The molecule has 1 aliphatic rings. The van der Waals surface area contributed by atoms with Crippen molar-refractivity contribution in [1.29, 1.82) is 0 Å². The van der Waals surface area contributed by atoms with Gasteiger partial charge in [-0.2, -0.15) is 0 Å². The number of carbonyl (C=O) groups excluding carboxylic acids is 1. The minimum Gasteiger partial charge on any atom is -0.388 e. The molecule has 0 bridgehead atoms. The number of rotatable bonds is 5. The van der Waals surface area contributed by atoms with E-state index in [9.17, 15) is 9.90 Å². The van der Waals surface area contributed by atoms with Crippen molar-refractivity contribution in [1.82, 2.24) is 9.88 Å². The number of carbonyl (C=O) groups is 1. The van der Waals surface area contributed by atoms with Gasteiger partial charge in [0.05, 0.1) is 12.7 Å². The molecule has 0 radical (unpaired) electrons. The molecular formula is C15H24N2O3. The van der Waals surface area contributed by atoms with Gasteiger partial charge in [0.25, 0.3) is 0 Å². The summed E-state index contributed by atoms with van der Waals surface area (Å²) in [7, 11) is 1.62. The Morgan fingerprint density at radius 3 is 3.10 bits per heavy atom. The molecule has 1 aliphatic carbocycles. The van der Waals surface area contributed by atoms with Crippen LogP contribution in [0.25, 0.3) is 0 Å². The Bertz CT molecular complexity index is 456. The maximum absolute atomic E-state index is 11.9. The molecule has 1 aromatic heterocycles. The van der Waals surface area contributed by atoms with E-state index in [1.807, 2.05) is 23.9 Å². The number of aliphatic hydroxyl groups is 1. The van der Waals surface area contributed by atoms with Gasteiger partial charge in [0.15, 0.2) is 0 Å². The highest BCUT2D eigenvalue weighted by atomic mass is 16.5. The van der Waals surface area contributed by atoms with E-state index in [0.29, 0.717) is 6.61 Å². The highest BCUT2D eigenvalue weighted by molar-refractivity contribution is 5.76. The number of nitrogens with zero attached hydrogens (tertiary/aromatic N) is 1. The van der Waals surface area contributed by atoms with Crippen LogP contribution in [0.5, 0.6) is 0 Å². The molecule has 0 fully saturated rings. The smallest absolute Gasteiger partial charge is 0.240 e. The third-order valence-electron chi connectivity index (χ3n) is 3.68. The van der Waals surface area contributed by atoms with E-state index in [0.717, 1.165) is 31.2 Å².